The summed E-state index contributed by atoms with van der Waals surface area (Å²) >= 11 is 0. The lowest BCUT2D eigenvalue weighted by Gasteiger charge is -2.27. The second kappa shape index (κ2) is 4.35. The molecule has 4 unspecified atom stereocenters. The number of rotatable bonds is 2. The van der Waals surface area contributed by atoms with Crippen LogP contribution in [-0.4, -0.2) is 16.9 Å². The van der Waals surface area contributed by atoms with Crippen molar-refractivity contribution in [3.8, 4) is 0 Å². The molecule has 4 atom stereocenters. The van der Waals surface area contributed by atoms with Crippen LogP contribution in [-0.2, 0) is 4.79 Å². The molecule has 2 aliphatic rings. The number of nitrogens with one attached hydrogen (secondary N) is 1. The lowest BCUT2D eigenvalue weighted by molar-refractivity contribution is -0.121. The van der Waals surface area contributed by atoms with Gasteiger partial charge in [0.15, 0.2) is 0 Å². The van der Waals surface area contributed by atoms with Gasteiger partial charge >= 0.3 is 0 Å². The summed E-state index contributed by atoms with van der Waals surface area (Å²) in [6.07, 6.45) is 5.20. The lowest BCUT2D eigenvalue weighted by atomic mass is 9.84. The van der Waals surface area contributed by atoms with Crippen molar-refractivity contribution in [3.63, 3.8) is 0 Å². The van der Waals surface area contributed by atoms with Gasteiger partial charge in [-0.15, -0.1) is 0 Å². The highest BCUT2D eigenvalue weighted by Crippen LogP contribution is 2.47. The largest absolute Gasteiger partial charge is 0.327 e. The Balaban J connectivity index is 1.72. The molecule has 0 radical (unpaired) electrons. The topological polar surface area (TPSA) is 68.0 Å². The lowest BCUT2D eigenvalue weighted by Crippen LogP contribution is -2.42. The summed E-state index contributed by atoms with van der Waals surface area (Å²) in [7, 11) is 0. The molecule has 1 aromatic rings. The molecule has 0 aromatic carbocycles. The molecule has 2 bridgehead atoms. The Morgan fingerprint density at radius 2 is 2.22 bits per heavy atom. The molecule has 3 N–H and O–H groups in total. The summed E-state index contributed by atoms with van der Waals surface area (Å²) in [6.45, 7) is 1.92. The van der Waals surface area contributed by atoms with E-state index in [9.17, 15) is 4.79 Å². The molecule has 18 heavy (non-hydrogen) atoms. The third-order valence-corrected chi connectivity index (χ3v) is 4.45. The zero-order valence-electron chi connectivity index (χ0n) is 10.6. The Labute approximate surface area is 107 Å². The van der Waals surface area contributed by atoms with E-state index < -0.39 is 0 Å². The third-order valence-electron chi connectivity index (χ3n) is 4.45. The third kappa shape index (κ3) is 1.90. The van der Waals surface area contributed by atoms with E-state index in [0.29, 0.717) is 11.8 Å². The summed E-state index contributed by atoms with van der Waals surface area (Å²) < 4.78 is 0. The predicted octanol–water partition coefficient (Wildman–Crippen LogP) is 1.70. The number of fused-ring (bicyclic) bond motifs is 2. The molecule has 0 saturated heterocycles. The molecule has 2 saturated carbocycles. The number of hydrogen-bond acceptors (Lipinski definition) is 3. The highest BCUT2D eigenvalue weighted by Gasteiger charge is 2.49. The number of anilines is 1. The average Bonchev–Trinajstić information content (AvgIpc) is 2.89. The summed E-state index contributed by atoms with van der Waals surface area (Å²) in [4.78, 5) is 16.4. The standard InChI is InChI=1S/C14H19N3O/c1-8-6-11(4-5-16-8)17-14(18)12-9-2-3-10(7-9)13(12)15/h4-6,9-10,12-13H,2-3,7,15H2,1H3,(H,16,17,18). The number of aryl methyl sites for hydroxylation is 1. The minimum atomic E-state index is -0.00257. The number of pyridine rings is 1. The number of nitrogens with two attached hydrogens (primary N) is 1. The minimum absolute atomic E-state index is 0.00257. The molecule has 0 spiro atoms. The average molecular weight is 245 g/mol. The monoisotopic (exact) mass is 245 g/mol. The minimum Gasteiger partial charge on any atom is -0.327 e. The number of aromatic nitrogens is 1. The van der Waals surface area contributed by atoms with Gasteiger partial charge in [0.2, 0.25) is 5.91 Å². The van der Waals surface area contributed by atoms with Crippen LogP contribution >= 0.6 is 0 Å². The van der Waals surface area contributed by atoms with E-state index in [2.05, 4.69) is 10.3 Å². The van der Waals surface area contributed by atoms with Gasteiger partial charge in [0.25, 0.3) is 0 Å². The highest BCUT2D eigenvalue weighted by molar-refractivity contribution is 5.93. The normalized spacial score (nSPS) is 33.7. The maximum absolute atomic E-state index is 12.3. The summed E-state index contributed by atoms with van der Waals surface area (Å²) in [5.74, 6) is 1.13. The van der Waals surface area contributed by atoms with Crippen LogP contribution in [0, 0.1) is 24.7 Å². The Morgan fingerprint density at radius 3 is 2.89 bits per heavy atom. The Kier molecular flexibility index (Phi) is 2.82. The number of carbonyl (C=O) groups is 1. The van der Waals surface area contributed by atoms with Gasteiger partial charge in [-0.3, -0.25) is 9.78 Å². The van der Waals surface area contributed by atoms with Crippen molar-refractivity contribution in [2.45, 2.75) is 32.2 Å². The van der Waals surface area contributed by atoms with Gasteiger partial charge in [-0.05, 0) is 50.2 Å². The van der Waals surface area contributed by atoms with Gasteiger partial charge in [0.05, 0.1) is 5.92 Å². The van der Waals surface area contributed by atoms with Gasteiger partial charge in [0.1, 0.15) is 0 Å². The molecular weight excluding hydrogens is 226 g/mol. The fourth-order valence-electron chi connectivity index (χ4n) is 3.57. The molecule has 0 aliphatic heterocycles. The summed E-state index contributed by atoms with van der Waals surface area (Å²) in [6, 6.07) is 3.76. The fraction of sp³-hybridized carbons (Fsp3) is 0.571. The van der Waals surface area contributed by atoms with E-state index in [0.717, 1.165) is 24.2 Å². The van der Waals surface area contributed by atoms with Crippen molar-refractivity contribution < 1.29 is 4.79 Å². The fourth-order valence-corrected chi connectivity index (χ4v) is 3.57. The molecular formula is C14H19N3O. The predicted molar refractivity (Wildman–Crippen MR) is 69.9 cm³/mol. The van der Waals surface area contributed by atoms with Gasteiger partial charge in [-0.1, -0.05) is 0 Å². The second-order valence-corrected chi connectivity index (χ2v) is 5.61. The van der Waals surface area contributed by atoms with E-state index in [1.165, 1.54) is 6.42 Å². The molecule has 1 aromatic heterocycles. The maximum atomic E-state index is 12.3. The Morgan fingerprint density at radius 1 is 1.44 bits per heavy atom. The van der Waals surface area contributed by atoms with Crippen molar-refractivity contribution >= 4 is 11.6 Å². The van der Waals surface area contributed by atoms with E-state index in [1.807, 2.05) is 19.1 Å². The van der Waals surface area contributed by atoms with Crippen molar-refractivity contribution in [3.05, 3.63) is 24.0 Å². The smallest absolute Gasteiger partial charge is 0.229 e. The van der Waals surface area contributed by atoms with Gasteiger partial charge in [-0.25, -0.2) is 0 Å². The van der Waals surface area contributed by atoms with Crippen LogP contribution in [0.4, 0.5) is 5.69 Å². The number of nitrogens with zero attached hydrogens (tertiary/aromatic N) is 1. The molecule has 1 heterocycles. The van der Waals surface area contributed by atoms with E-state index in [4.69, 9.17) is 5.73 Å². The zero-order valence-corrected chi connectivity index (χ0v) is 10.6. The summed E-state index contributed by atoms with van der Waals surface area (Å²) in [5.41, 5.74) is 7.90. The quantitative estimate of drug-likeness (QED) is 0.833. The molecule has 3 rings (SSSR count). The molecule has 96 valence electrons. The van der Waals surface area contributed by atoms with Gasteiger partial charge < -0.3 is 11.1 Å². The zero-order chi connectivity index (χ0) is 12.7. The highest BCUT2D eigenvalue weighted by atomic mass is 16.2. The van der Waals surface area contributed by atoms with Crippen LogP contribution in [0.3, 0.4) is 0 Å². The first-order valence-electron chi connectivity index (χ1n) is 6.64. The Bertz CT molecular complexity index is 472. The van der Waals surface area contributed by atoms with Gasteiger partial charge in [0, 0.05) is 23.6 Å². The van der Waals surface area contributed by atoms with E-state index in [1.54, 1.807) is 6.20 Å². The first-order valence-corrected chi connectivity index (χ1v) is 6.64. The van der Waals surface area contributed by atoms with Crippen LogP contribution in [0.5, 0.6) is 0 Å². The van der Waals surface area contributed by atoms with E-state index >= 15 is 0 Å². The van der Waals surface area contributed by atoms with Crippen LogP contribution < -0.4 is 11.1 Å². The molecule has 2 fully saturated rings. The van der Waals surface area contributed by atoms with Crippen LogP contribution in [0.2, 0.25) is 0 Å². The number of carbonyl (C=O) groups excluding carboxylic acids is 1. The van der Waals surface area contributed by atoms with Crippen LogP contribution in [0.1, 0.15) is 25.0 Å². The number of amides is 1. The van der Waals surface area contributed by atoms with Crippen LogP contribution in [0.15, 0.2) is 18.3 Å². The second-order valence-electron chi connectivity index (χ2n) is 5.61. The SMILES string of the molecule is Cc1cc(NC(=O)C2C3CCC(C3)C2N)ccn1. The number of hydrogen-bond donors (Lipinski definition) is 2. The summed E-state index contributed by atoms with van der Waals surface area (Å²) in [5, 5.41) is 2.98. The molecule has 4 nitrogen and oxygen atoms in total. The Hall–Kier alpha value is -1.42. The van der Waals surface area contributed by atoms with Crippen molar-refractivity contribution in [1.29, 1.82) is 0 Å². The maximum Gasteiger partial charge on any atom is 0.229 e. The molecule has 2 aliphatic carbocycles. The van der Waals surface area contributed by atoms with Crippen LogP contribution in [0.25, 0.3) is 0 Å². The van der Waals surface area contributed by atoms with Crippen molar-refractivity contribution in [1.82, 2.24) is 4.98 Å². The van der Waals surface area contributed by atoms with E-state index in [-0.39, 0.29) is 17.9 Å². The molecule has 1 amide bonds. The first-order chi connectivity index (χ1) is 8.65. The molecule has 4 heteroatoms. The van der Waals surface area contributed by atoms with Gasteiger partial charge in [-0.2, -0.15) is 0 Å². The van der Waals surface area contributed by atoms with Crippen molar-refractivity contribution in [2.24, 2.45) is 23.5 Å². The first kappa shape index (κ1) is 11.7. The van der Waals surface area contributed by atoms with Crippen molar-refractivity contribution in [2.75, 3.05) is 5.32 Å².